The van der Waals surface area contributed by atoms with Crippen molar-refractivity contribution < 1.29 is 9.13 Å². The summed E-state index contributed by atoms with van der Waals surface area (Å²) in [6.45, 7) is 3.29. The number of fused-ring (bicyclic) bond motifs is 1. The Hall–Kier alpha value is -2.00. The second kappa shape index (κ2) is 5.78. The van der Waals surface area contributed by atoms with Crippen molar-refractivity contribution in [1.82, 2.24) is 4.57 Å². The van der Waals surface area contributed by atoms with Gasteiger partial charge in [-0.1, -0.05) is 23.7 Å². The zero-order valence-electron chi connectivity index (χ0n) is 11.6. The Morgan fingerprint density at radius 1 is 1.14 bits per heavy atom. The molecule has 0 spiro atoms. The largest absolute Gasteiger partial charge is 0.487 e. The molecule has 4 heteroatoms. The van der Waals surface area contributed by atoms with Crippen LogP contribution in [0.15, 0.2) is 48.5 Å². The van der Waals surface area contributed by atoms with Crippen LogP contribution in [0.5, 0.6) is 5.75 Å². The number of ether oxygens (including phenoxy) is 1. The van der Waals surface area contributed by atoms with Gasteiger partial charge in [0.25, 0.3) is 0 Å². The molecule has 0 aliphatic heterocycles. The lowest BCUT2D eigenvalue weighted by Crippen LogP contribution is -2.04. The molecule has 0 atom stereocenters. The summed E-state index contributed by atoms with van der Waals surface area (Å²) in [6.07, 6.45) is 0. The molecular weight excluding hydrogens is 289 g/mol. The summed E-state index contributed by atoms with van der Waals surface area (Å²) in [5, 5.41) is 1.84. The van der Waals surface area contributed by atoms with Gasteiger partial charge >= 0.3 is 0 Å². The molecule has 0 saturated carbocycles. The summed E-state index contributed by atoms with van der Waals surface area (Å²) in [4.78, 5) is 0. The maximum atomic E-state index is 13.2. The Morgan fingerprint density at radius 3 is 2.76 bits per heavy atom. The molecular formula is C17H15ClFNO. The minimum absolute atomic E-state index is 0.296. The molecule has 0 aliphatic carbocycles. The van der Waals surface area contributed by atoms with E-state index in [4.69, 9.17) is 16.3 Å². The standard InChI is InChI=1S/C17H15ClFNO/c1-2-20-15(8-12-6-7-13(18)9-17(12)20)11-21-16-5-3-4-14(19)10-16/h3-10H,2,11H2,1H3. The van der Waals surface area contributed by atoms with Gasteiger partial charge in [-0.3, -0.25) is 0 Å². The van der Waals surface area contributed by atoms with Gasteiger partial charge in [-0.05, 0) is 37.3 Å². The van der Waals surface area contributed by atoms with Crippen molar-refractivity contribution in [2.45, 2.75) is 20.1 Å². The predicted octanol–water partition coefficient (Wildman–Crippen LogP) is 5.03. The van der Waals surface area contributed by atoms with Crippen molar-refractivity contribution in [3.05, 3.63) is 65.1 Å². The molecule has 3 aromatic rings. The fourth-order valence-electron chi connectivity index (χ4n) is 2.49. The van der Waals surface area contributed by atoms with Crippen LogP contribution in [0, 0.1) is 5.82 Å². The molecule has 108 valence electrons. The first-order chi connectivity index (χ1) is 10.2. The van der Waals surface area contributed by atoms with E-state index in [1.807, 2.05) is 18.2 Å². The maximum absolute atomic E-state index is 13.2. The van der Waals surface area contributed by atoms with Crippen LogP contribution in [0.25, 0.3) is 10.9 Å². The highest BCUT2D eigenvalue weighted by atomic mass is 35.5. The third-order valence-corrected chi connectivity index (χ3v) is 3.69. The van der Waals surface area contributed by atoms with E-state index in [1.165, 1.54) is 12.1 Å². The van der Waals surface area contributed by atoms with Gasteiger partial charge in [0.05, 0.1) is 5.69 Å². The predicted molar refractivity (Wildman–Crippen MR) is 83.4 cm³/mol. The van der Waals surface area contributed by atoms with Crippen molar-refractivity contribution in [2.24, 2.45) is 0 Å². The molecule has 0 radical (unpaired) electrons. The highest BCUT2D eigenvalue weighted by molar-refractivity contribution is 6.31. The highest BCUT2D eigenvalue weighted by Gasteiger charge is 2.09. The average molecular weight is 304 g/mol. The van der Waals surface area contributed by atoms with Gasteiger partial charge < -0.3 is 9.30 Å². The van der Waals surface area contributed by atoms with E-state index in [1.54, 1.807) is 12.1 Å². The van der Waals surface area contributed by atoms with Crippen LogP contribution in [-0.2, 0) is 13.2 Å². The minimum Gasteiger partial charge on any atom is -0.487 e. The Bertz CT molecular complexity index is 782. The van der Waals surface area contributed by atoms with Crippen LogP contribution in [0.3, 0.4) is 0 Å². The monoisotopic (exact) mass is 303 g/mol. The van der Waals surface area contributed by atoms with Crippen molar-refractivity contribution in [3.63, 3.8) is 0 Å². The van der Waals surface area contributed by atoms with Gasteiger partial charge in [0.2, 0.25) is 0 Å². The molecule has 1 heterocycles. The summed E-state index contributed by atoms with van der Waals surface area (Å²) in [5.74, 6) is 0.233. The minimum atomic E-state index is -0.296. The second-order valence-corrected chi connectivity index (χ2v) is 5.27. The maximum Gasteiger partial charge on any atom is 0.128 e. The van der Waals surface area contributed by atoms with Gasteiger partial charge in [0.15, 0.2) is 0 Å². The van der Waals surface area contributed by atoms with Crippen molar-refractivity contribution >= 4 is 22.5 Å². The third-order valence-electron chi connectivity index (χ3n) is 3.45. The van der Waals surface area contributed by atoms with Crippen molar-refractivity contribution in [2.75, 3.05) is 0 Å². The van der Waals surface area contributed by atoms with Crippen LogP contribution in [0.1, 0.15) is 12.6 Å². The van der Waals surface area contributed by atoms with Crippen molar-refractivity contribution in [3.8, 4) is 5.75 Å². The Morgan fingerprint density at radius 2 is 2.00 bits per heavy atom. The summed E-state index contributed by atoms with van der Waals surface area (Å²) < 4.78 is 21.0. The Labute approximate surface area is 127 Å². The number of rotatable bonds is 4. The number of nitrogens with zero attached hydrogens (tertiary/aromatic N) is 1. The number of aromatic nitrogens is 1. The molecule has 21 heavy (non-hydrogen) atoms. The van der Waals surface area contributed by atoms with E-state index >= 15 is 0 Å². The van der Waals surface area contributed by atoms with Crippen LogP contribution >= 0.6 is 11.6 Å². The first-order valence-electron chi connectivity index (χ1n) is 6.83. The van der Waals surface area contributed by atoms with Gasteiger partial charge in [-0.15, -0.1) is 0 Å². The molecule has 2 aromatic carbocycles. The number of benzene rings is 2. The summed E-state index contributed by atoms with van der Waals surface area (Å²) in [7, 11) is 0. The number of hydrogen-bond donors (Lipinski definition) is 0. The molecule has 0 bridgehead atoms. The van der Waals surface area contributed by atoms with Gasteiger partial charge in [-0.2, -0.15) is 0 Å². The van der Waals surface area contributed by atoms with E-state index in [-0.39, 0.29) is 5.82 Å². The van der Waals surface area contributed by atoms with Crippen LogP contribution in [0.2, 0.25) is 5.02 Å². The quantitative estimate of drug-likeness (QED) is 0.659. The lowest BCUT2D eigenvalue weighted by molar-refractivity contribution is 0.294. The fraction of sp³-hybridized carbons (Fsp3) is 0.176. The number of hydrogen-bond acceptors (Lipinski definition) is 1. The Kier molecular flexibility index (Phi) is 3.84. The molecule has 0 fully saturated rings. The number of halogens is 2. The van der Waals surface area contributed by atoms with Gasteiger partial charge in [0, 0.05) is 28.5 Å². The van der Waals surface area contributed by atoms with Crippen molar-refractivity contribution in [1.29, 1.82) is 0 Å². The second-order valence-electron chi connectivity index (χ2n) is 4.83. The molecule has 0 saturated heterocycles. The van der Waals surface area contributed by atoms with E-state index < -0.39 is 0 Å². The van der Waals surface area contributed by atoms with E-state index in [0.29, 0.717) is 17.4 Å². The first-order valence-corrected chi connectivity index (χ1v) is 7.21. The molecule has 3 rings (SSSR count). The molecule has 0 unspecified atom stereocenters. The molecule has 0 aliphatic rings. The smallest absolute Gasteiger partial charge is 0.128 e. The fourth-order valence-corrected chi connectivity index (χ4v) is 2.66. The summed E-state index contributed by atoms with van der Waals surface area (Å²) >= 11 is 6.06. The highest BCUT2D eigenvalue weighted by Crippen LogP contribution is 2.24. The summed E-state index contributed by atoms with van der Waals surface area (Å²) in [6, 6.07) is 14.1. The van der Waals surface area contributed by atoms with Gasteiger partial charge in [0.1, 0.15) is 18.2 Å². The molecule has 2 nitrogen and oxygen atoms in total. The lowest BCUT2D eigenvalue weighted by atomic mass is 10.2. The van der Waals surface area contributed by atoms with Gasteiger partial charge in [-0.25, -0.2) is 4.39 Å². The number of aryl methyl sites for hydroxylation is 1. The Balaban J connectivity index is 1.90. The zero-order valence-corrected chi connectivity index (χ0v) is 12.4. The van der Waals surface area contributed by atoms with E-state index in [0.717, 1.165) is 23.1 Å². The van der Waals surface area contributed by atoms with E-state index in [2.05, 4.69) is 17.6 Å². The average Bonchev–Trinajstić information content (AvgIpc) is 2.82. The first kappa shape index (κ1) is 14.0. The van der Waals surface area contributed by atoms with E-state index in [9.17, 15) is 4.39 Å². The normalized spacial score (nSPS) is 11.0. The third kappa shape index (κ3) is 2.88. The van der Waals surface area contributed by atoms with Crippen LogP contribution in [0.4, 0.5) is 4.39 Å². The molecule has 0 amide bonds. The summed E-state index contributed by atoms with van der Waals surface area (Å²) in [5.41, 5.74) is 2.13. The van der Waals surface area contributed by atoms with Crippen LogP contribution in [-0.4, -0.2) is 4.57 Å². The SMILES string of the molecule is CCn1c(COc2cccc(F)c2)cc2ccc(Cl)cc21. The zero-order chi connectivity index (χ0) is 14.8. The lowest BCUT2D eigenvalue weighted by Gasteiger charge is -2.10. The molecule has 1 aromatic heterocycles. The topological polar surface area (TPSA) is 14.2 Å². The molecule has 0 N–H and O–H groups in total. The van der Waals surface area contributed by atoms with Crippen LogP contribution < -0.4 is 4.74 Å².